The third-order valence-electron chi connectivity index (χ3n) is 4.67. The van der Waals surface area contributed by atoms with E-state index in [1.54, 1.807) is 19.1 Å². The van der Waals surface area contributed by atoms with Crippen LogP contribution in [0.1, 0.15) is 18.1 Å². The van der Waals surface area contributed by atoms with E-state index in [1.165, 1.54) is 0 Å². The van der Waals surface area contributed by atoms with Gasteiger partial charge in [-0.15, -0.1) is 0 Å². The van der Waals surface area contributed by atoms with Crippen LogP contribution >= 0.6 is 0 Å². The monoisotopic (exact) mass is 382 g/mol. The Morgan fingerprint density at radius 1 is 0.893 bits per heavy atom. The van der Waals surface area contributed by atoms with Gasteiger partial charge in [0.2, 0.25) is 0 Å². The lowest BCUT2D eigenvalue weighted by molar-refractivity contribution is -0.164. The Labute approximate surface area is 165 Å². The van der Waals surface area contributed by atoms with Gasteiger partial charge in [-0.3, -0.25) is 4.79 Å². The van der Waals surface area contributed by atoms with Crippen molar-refractivity contribution in [2.24, 2.45) is 5.92 Å². The van der Waals surface area contributed by atoms with Crippen molar-refractivity contribution >= 4 is 5.97 Å². The number of aliphatic hydroxyl groups excluding tert-OH is 1. The van der Waals surface area contributed by atoms with Crippen LogP contribution in [0.4, 0.5) is 0 Å². The summed E-state index contributed by atoms with van der Waals surface area (Å²) in [5, 5.41) is 10.8. The molecule has 0 saturated carbocycles. The lowest BCUT2D eigenvalue weighted by atomic mass is 9.88. The Hall–Kier alpha value is -2.47. The third kappa shape index (κ3) is 5.29. The first-order valence-electron chi connectivity index (χ1n) is 9.53. The second-order valence-corrected chi connectivity index (χ2v) is 6.68. The highest BCUT2D eigenvalue weighted by Crippen LogP contribution is 2.26. The molecule has 0 spiro atoms. The van der Waals surface area contributed by atoms with Crippen LogP contribution in [-0.4, -0.2) is 36.0 Å². The van der Waals surface area contributed by atoms with Crippen molar-refractivity contribution in [3.63, 3.8) is 0 Å². The highest BCUT2D eigenvalue weighted by Gasteiger charge is 2.40. The third-order valence-corrected chi connectivity index (χ3v) is 4.67. The van der Waals surface area contributed by atoms with Crippen molar-refractivity contribution in [1.82, 2.24) is 0 Å². The van der Waals surface area contributed by atoms with Gasteiger partial charge < -0.3 is 19.3 Å². The van der Waals surface area contributed by atoms with E-state index in [-0.39, 0.29) is 6.61 Å². The predicted molar refractivity (Wildman–Crippen MR) is 105 cm³/mol. The van der Waals surface area contributed by atoms with Crippen molar-refractivity contribution in [3.8, 4) is 0 Å². The zero-order valence-corrected chi connectivity index (χ0v) is 15.9. The fourth-order valence-electron chi connectivity index (χ4n) is 3.18. The number of aliphatic hydroxyl groups is 1. The molecule has 0 fully saturated rings. The van der Waals surface area contributed by atoms with E-state index in [9.17, 15) is 9.90 Å². The van der Waals surface area contributed by atoms with Crippen LogP contribution in [-0.2, 0) is 32.2 Å². The normalized spacial score (nSPS) is 24.1. The van der Waals surface area contributed by atoms with Crippen LogP contribution in [0, 0.1) is 5.92 Å². The van der Waals surface area contributed by atoms with Crippen LogP contribution < -0.4 is 0 Å². The van der Waals surface area contributed by atoms with Gasteiger partial charge in [-0.2, -0.15) is 0 Å². The van der Waals surface area contributed by atoms with Gasteiger partial charge in [-0.25, -0.2) is 0 Å². The first kappa shape index (κ1) is 20.3. The van der Waals surface area contributed by atoms with Crippen LogP contribution in [0.2, 0.25) is 0 Å². The van der Waals surface area contributed by atoms with E-state index in [4.69, 9.17) is 14.2 Å². The average Bonchev–Trinajstić information content (AvgIpc) is 2.73. The topological polar surface area (TPSA) is 65.0 Å². The number of hydrogen-bond donors (Lipinski definition) is 1. The van der Waals surface area contributed by atoms with Crippen LogP contribution in [0.25, 0.3) is 0 Å². The second-order valence-electron chi connectivity index (χ2n) is 6.68. The molecule has 0 aliphatic heterocycles. The van der Waals surface area contributed by atoms with Crippen molar-refractivity contribution in [2.75, 3.05) is 6.61 Å². The summed E-state index contributed by atoms with van der Waals surface area (Å²) >= 11 is 0. The zero-order chi connectivity index (χ0) is 19.8. The molecule has 148 valence electrons. The summed E-state index contributed by atoms with van der Waals surface area (Å²) in [6.07, 6.45) is 1.25. The molecule has 3 rings (SSSR count). The van der Waals surface area contributed by atoms with Gasteiger partial charge in [0.15, 0.2) is 0 Å². The number of carbonyl (C=O) groups is 1. The summed E-state index contributed by atoms with van der Waals surface area (Å²) in [5.41, 5.74) is 2.01. The molecule has 0 amide bonds. The van der Waals surface area contributed by atoms with Gasteiger partial charge in [0.05, 0.1) is 25.9 Å². The van der Waals surface area contributed by atoms with E-state index in [0.717, 1.165) is 11.1 Å². The van der Waals surface area contributed by atoms with E-state index in [2.05, 4.69) is 0 Å². The van der Waals surface area contributed by atoms with Crippen LogP contribution in [0.15, 0.2) is 72.8 Å². The molecule has 2 aromatic rings. The summed E-state index contributed by atoms with van der Waals surface area (Å²) in [6.45, 7) is 2.71. The lowest BCUT2D eigenvalue weighted by Gasteiger charge is -2.35. The summed E-state index contributed by atoms with van der Waals surface area (Å²) in [5.74, 6) is -1.22. The number of carbonyl (C=O) groups excluding carboxylic acids is 1. The molecule has 0 saturated heterocycles. The first-order chi connectivity index (χ1) is 13.7. The highest BCUT2D eigenvalue weighted by molar-refractivity contribution is 5.75. The molecule has 0 heterocycles. The zero-order valence-electron chi connectivity index (χ0n) is 15.9. The Balaban J connectivity index is 1.72. The van der Waals surface area contributed by atoms with Gasteiger partial charge in [0.1, 0.15) is 18.1 Å². The standard InChI is InChI=1S/C23H26O5/c1-2-26-23(25)19-13-14-20(27-15-17-9-5-3-6-10-17)22(21(19)24)28-16-18-11-7-4-8-12-18/h3-14,19-22,24H,2,15-16H2,1H3/t19-,20-,21+,22+/m0/s1. The van der Waals surface area contributed by atoms with Gasteiger partial charge >= 0.3 is 5.97 Å². The minimum absolute atomic E-state index is 0.263. The van der Waals surface area contributed by atoms with Gasteiger partial charge in [0, 0.05) is 0 Å². The summed E-state index contributed by atoms with van der Waals surface area (Å²) in [4.78, 5) is 12.2. The lowest BCUT2D eigenvalue weighted by Crippen LogP contribution is -2.49. The maximum absolute atomic E-state index is 12.2. The number of benzene rings is 2. The van der Waals surface area contributed by atoms with E-state index >= 15 is 0 Å². The molecular formula is C23H26O5. The molecule has 0 unspecified atom stereocenters. The Morgan fingerprint density at radius 2 is 1.46 bits per heavy atom. The van der Waals surface area contributed by atoms with Crippen molar-refractivity contribution in [2.45, 2.75) is 38.4 Å². The fourth-order valence-corrected chi connectivity index (χ4v) is 3.18. The molecule has 1 aliphatic rings. The maximum Gasteiger partial charge on any atom is 0.315 e. The molecule has 5 heteroatoms. The molecule has 1 aliphatic carbocycles. The van der Waals surface area contributed by atoms with Crippen molar-refractivity contribution in [1.29, 1.82) is 0 Å². The van der Waals surface area contributed by atoms with Gasteiger partial charge in [-0.05, 0) is 18.1 Å². The number of esters is 1. The van der Waals surface area contributed by atoms with Gasteiger partial charge in [0.25, 0.3) is 0 Å². The smallest absolute Gasteiger partial charge is 0.315 e. The van der Waals surface area contributed by atoms with Gasteiger partial charge in [-0.1, -0.05) is 72.8 Å². The van der Waals surface area contributed by atoms with Crippen LogP contribution in [0.3, 0.4) is 0 Å². The largest absolute Gasteiger partial charge is 0.465 e. The molecule has 1 N–H and O–H groups in total. The molecule has 5 nitrogen and oxygen atoms in total. The van der Waals surface area contributed by atoms with E-state index in [0.29, 0.717) is 13.2 Å². The highest BCUT2D eigenvalue weighted by atomic mass is 16.6. The quantitative estimate of drug-likeness (QED) is 0.561. The number of ether oxygens (including phenoxy) is 3. The molecule has 4 atom stereocenters. The predicted octanol–water partition coefficient (Wildman–Crippen LogP) is 3.27. The molecule has 0 radical (unpaired) electrons. The first-order valence-corrected chi connectivity index (χ1v) is 9.53. The Kier molecular flexibility index (Phi) is 7.37. The molecule has 2 aromatic carbocycles. The Bertz CT molecular complexity index is 759. The minimum atomic E-state index is -1.05. The molecular weight excluding hydrogens is 356 g/mol. The Morgan fingerprint density at radius 3 is 2.04 bits per heavy atom. The number of hydrogen-bond acceptors (Lipinski definition) is 5. The summed E-state index contributed by atoms with van der Waals surface area (Å²) in [6, 6.07) is 19.5. The molecule has 28 heavy (non-hydrogen) atoms. The summed E-state index contributed by atoms with van der Waals surface area (Å²) in [7, 11) is 0. The van der Waals surface area contributed by atoms with Crippen molar-refractivity contribution in [3.05, 3.63) is 83.9 Å². The minimum Gasteiger partial charge on any atom is -0.465 e. The molecule has 0 bridgehead atoms. The molecule has 0 aromatic heterocycles. The maximum atomic E-state index is 12.2. The van der Waals surface area contributed by atoms with E-state index in [1.807, 2.05) is 60.7 Å². The van der Waals surface area contributed by atoms with Crippen LogP contribution in [0.5, 0.6) is 0 Å². The average molecular weight is 382 g/mol. The van der Waals surface area contributed by atoms with E-state index < -0.39 is 30.2 Å². The number of rotatable bonds is 8. The summed E-state index contributed by atoms with van der Waals surface area (Å²) < 4.78 is 17.1. The van der Waals surface area contributed by atoms with Crippen molar-refractivity contribution < 1.29 is 24.1 Å². The SMILES string of the molecule is CCOC(=O)[C@H]1C=C[C@H](OCc2ccccc2)[C@@H](OCc2ccccc2)[C@@H]1O. The fraction of sp³-hybridized carbons (Fsp3) is 0.348. The second kappa shape index (κ2) is 10.2.